The lowest BCUT2D eigenvalue weighted by Crippen LogP contribution is -2.26. The third-order valence-electron chi connectivity index (χ3n) is 2.29. The number of nitrogens with one attached hydrogen (secondary N) is 1. The summed E-state index contributed by atoms with van der Waals surface area (Å²) in [6.45, 7) is 0.180. The lowest BCUT2D eigenvalue weighted by molar-refractivity contribution is -0.384. The normalized spacial score (nSPS) is 9.80. The van der Waals surface area contributed by atoms with Crippen molar-refractivity contribution in [2.24, 2.45) is 0 Å². The smallest absolute Gasteiger partial charge is 0.410 e. The van der Waals surface area contributed by atoms with E-state index in [0.717, 1.165) is 0 Å². The van der Waals surface area contributed by atoms with Crippen LogP contribution in [0.25, 0.3) is 0 Å². The van der Waals surface area contributed by atoms with Crippen molar-refractivity contribution < 1.29 is 14.5 Å². The van der Waals surface area contributed by atoms with Crippen molar-refractivity contribution >= 4 is 11.8 Å². The van der Waals surface area contributed by atoms with Crippen molar-refractivity contribution in [3.8, 4) is 5.75 Å². The summed E-state index contributed by atoms with van der Waals surface area (Å²) in [6.07, 6.45) is 3.88. The van der Waals surface area contributed by atoms with Gasteiger partial charge in [-0.1, -0.05) is 0 Å². The van der Waals surface area contributed by atoms with Crippen LogP contribution in [0.5, 0.6) is 5.75 Å². The van der Waals surface area contributed by atoms with Crippen LogP contribution >= 0.6 is 0 Å². The van der Waals surface area contributed by atoms with Gasteiger partial charge in [0.25, 0.3) is 5.69 Å². The van der Waals surface area contributed by atoms with E-state index in [-0.39, 0.29) is 18.0 Å². The van der Waals surface area contributed by atoms with Gasteiger partial charge in [0.1, 0.15) is 5.75 Å². The first kappa shape index (κ1) is 13.4. The summed E-state index contributed by atoms with van der Waals surface area (Å²) >= 11 is 0. The van der Waals surface area contributed by atoms with Crippen molar-refractivity contribution in [3.05, 3.63) is 58.7 Å². The quantitative estimate of drug-likeness (QED) is 0.671. The molecule has 0 aliphatic heterocycles. The predicted molar refractivity (Wildman–Crippen MR) is 68.0 cm³/mol. The number of hydrogen-bond donors (Lipinski definition) is 1. The molecule has 0 unspecified atom stereocenters. The number of rotatable bonds is 4. The minimum atomic E-state index is -0.676. The fourth-order valence-corrected chi connectivity index (χ4v) is 1.36. The Labute approximate surface area is 113 Å². The molecule has 1 aromatic heterocycles. The maximum absolute atomic E-state index is 11.5. The number of nitrogens with zero attached hydrogens (tertiary/aromatic N) is 3. The largest absolute Gasteiger partial charge is 0.412 e. The average Bonchev–Trinajstić information content (AvgIpc) is 2.47. The minimum Gasteiger partial charge on any atom is -0.410 e. The minimum absolute atomic E-state index is 0.0719. The molecule has 102 valence electrons. The number of hydrogen-bond acceptors (Lipinski definition) is 6. The molecular weight excluding hydrogens is 264 g/mol. The first-order valence-corrected chi connectivity index (χ1v) is 5.60. The molecule has 20 heavy (non-hydrogen) atoms. The van der Waals surface area contributed by atoms with E-state index in [9.17, 15) is 14.9 Å². The SMILES string of the molecule is O=C(NCc1cnccn1)Oc1ccc([N+](=O)[O-])cc1. The van der Waals surface area contributed by atoms with E-state index in [0.29, 0.717) is 5.69 Å². The first-order chi connectivity index (χ1) is 9.65. The Hall–Kier alpha value is -3.03. The number of non-ortho nitro benzene ring substituents is 1. The van der Waals surface area contributed by atoms with Crippen molar-refractivity contribution in [1.29, 1.82) is 0 Å². The van der Waals surface area contributed by atoms with Gasteiger partial charge < -0.3 is 10.1 Å². The molecule has 2 aromatic rings. The fraction of sp³-hybridized carbons (Fsp3) is 0.0833. The predicted octanol–water partition coefficient (Wildman–Crippen LogP) is 1.67. The lowest BCUT2D eigenvalue weighted by atomic mass is 10.3. The maximum Gasteiger partial charge on any atom is 0.412 e. The second-order valence-electron chi connectivity index (χ2n) is 3.69. The molecule has 1 heterocycles. The van der Waals surface area contributed by atoms with Gasteiger partial charge in [-0.25, -0.2) is 4.79 Å². The number of benzene rings is 1. The number of ether oxygens (including phenoxy) is 1. The Morgan fingerprint density at radius 3 is 2.65 bits per heavy atom. The molecule has 0 bridgehead atoms. The van der Waals surface area contributed by atoms with E-state index >= 15 is 0 Å². The van der Waals surface area contributed by atoms with Gasteiger partial charge in [-0.05, 0) is 12.1 Å². The molecular formula is C12H10N4O4. The zero-order chi connectivity index (χ0) is 14.4. The van der Waals surface area contributed by atoms with Crippen LogP contribution in [0.2, 0.25) is 0 Å². The third kappa shape index (κ3) is 3.73. The van der Waals surface area contributed by atoms with Crippen LogP contribution in [-0.4, -0.2) is 21.0 Å². The second-order valence-corrected chi connectivity index (χ2v) is 3.69. The van der Waals surface area contributed by atoms with Crippen molar-refractivity contribution in [3.63, 3.8) is 0 Å². The zero-order valence-electron chi connectivity index (χ0n) is 10.2. The first-order valence-electron chi connectivity index (χ1n) is 5.60. The standard InChI is InChI=1S/C12H10N4O4/c17-12(15-8-9-7-13-5-6-14-9)20-11-3-1-10(2-4-11)16(18)19/h1-7H,8H2,(H,15,17). The van der Waals surface area contributed by atoms with E-state index in [2.05, 4.69) is 15.3 Å². The number of nitro groups is 1. The zero-order valence-corrected chi connectivity index (χ0v) is 10.2. The number of nitro benzene ring substituents is 1. The molecule has 0 radical (unpaired) electrons. The van der Waals surface area contributed by atoms with Gasteiger partial charge in [0.05, 0.1) is 23.4 Å². The van der Waals surface area contributed by atoms with Crippen LogP contribution in [0.4, 0.5) is 10.5 Å². The molecule has 2 rings (SSSR count). The van der Waals surface area contributed by atoms with Crippen LogP contribution in [0, 0.1) is 10.1 Å². The summed E-state index contributed by atoms with van der Waals surface area (Å²) in [6, 6.07) is 5.21. The van der Waals surface area contributed by atoms with E-state index < -0.39 is 11.0 Å². The Balaban J connectivity index is 1.86. The van der Waals surface area contributed by atoms with Crippen molar-refractivity contribution in [2.45, 2.75) is 6.54 Å². The van der Waals surface area contributed by atoms with Gasteiger partial charge in [-0.15, -0.1) is 0 Å². The van der Waals surface area contributed by atoms with E-state index in [1.54, 1.807) is 0 Å². The molecule has 1 N–H and O–H groups in total. The number of carbonyl (C=O) groups is 1. The van der Waals surface area contributed by atoms with Gasteiger partial charge in [-0.3, -0.25) is 20.1 Å². The Bertz CT molecular complexity index is 601. The third-order valence-corrected chi connectivity index (χ3v) is 2.29. The summed E-state index contributed by atoms with van der Waals surface area (Å²) < 4.78 is 4.95. The molecule has 0 atom stereocenters. The highest BCUT2D eigenvalue weighted by molar-refractivity contribution is 5.70. The van der Waals surface area contributed by atoms with Gasteiger partial charge in [0.15, 0.2) is 0 Å². The summed E-state index contributed by atoms with van der Waals surface area (Å²) in [5.74, 6) is 0.215. The number of carbonyl (C=O) groups excluding carboxylic acids is 1. The van der Waals surface area contributed by atoms with Gasteiger partial charge >= 0.3 is 6.09 Å². The average molecular weight is 274 g/mol. The number of amides is 1. The highest BCUT2D eigenvalue weighted by Crippen LogP contribution is 2.17. The molecule has 0 fully saturated rings. The second kappa shape index (κ2) is 6.23. The van der Waals surface area contributed by atoms with Crippen LogP contribution in [0.15, 0.2) is 42.9 Å². The van der Waals surface area contributed by atoms with Crippen LogP contribution < -0.4 is 10.1 Å². The van der Waals surface area contributed by atoms with Crippen molar-refractivity contribution in [1.82, 2.24) is 15.3 Å². The van der Waals surface area contributed by atoms with E-state index in [1.165, 1.54) is 42.9 Å². The summed E-state index contributed by atoms with van der Waals surface area (Å²) in [7, 11) is 0. The molecule has 8 nitrogen and oxygen atoms in total. The summed E-state index contributed by atoms with van der Waals surface area (Å²) in [4.78, 5) is 29.3. The monoisotopic (exact) mass is 274 g/mol. The molecule has 1 aromatic carbocycles. The summed E-state index contributed by atoms with van der Waals surface area (Å²) in [5, 5.41) is 13.0. The number of aromatic nitrogens is 2. The lowest BCUT2D eigenvalue weighted by Gasteiger charge is -2.05. The molecule has 0 saturated carbocycles. The van der Waals surface area contributed by atoms with E-state index in [1.807, 2.05) is 0 Å². The molecule has 0 spiro atoms. The molecule has 0 aliphatic carbocycles. The van der Waals surface area contributed by atoms with Gasteiger partial charge in [-0.2, -0.15) is 0 Å². The maximum atomic E-state index is 11.5. The summed E-state index contributed by atoms with van der Waals surface area (Å²) in [5.41, 5.74) is 0.519. The Morgan fingerprint density at radius 2 is 2.05 bits per heavy atom. The Morgan fingerprint density at radius 1 is 1.30 bits per heavy atom. The van der Waals surface area contributed by atoms with Crippen LogP contribution in [0.1, 0.15) is 5.69 Å². The molecule has 1 amide bonds. The van der Waals surface area contributed by atoms with Gasteiger partial charge in [0, 0.05) is 24.5 Å². The van der Waals surface area contributed by atoms with Crippen LogP contribution in [-0.2, 0) is 6.54 Å². The Kier molecular flexibility index (Phi) is 4.17. The molecule has 0 saturated heterocycles. The molecule has 0 aliphatic rings. The van der Waals surface area contributed by atoms with Crippen LogP contribution in [0.3, 0.4) is 0 Å². The topological polar surface area (TPSA) is 107 Å². The fourth-order valence-electron chi connectivity index (χ4n) is 1.36. The van der Waals surface area contributed by atoms with Crippen molar-refractivity contribution in [2.75, 3.05) is 0 Å². The highest BCUT2D eigenvalue weighted by Gasteiger charge is 2.08. The van der Waals surface area contributed by atoms with Gasteiger partial charge in [0.2, 0.25) is 0 Å². The van der Waals surface area contributed by atoms with E-state index in [4.69, 9.17) is 4.74 Å². The molecule has 8 heteroatoms. The highest BCUT2D eigenvalue weighted by atomic mass is 16.6.